The second kappa shape index (κ2) is 3.13. The Labute approximate surface area is 78.0 Å². The van der Waals surface area contributed by atoms with Crippen LogP contribution in [0, 0.1) is 27.9 Å². The van der Waals surface area contributed by atoms with Crippen molar-refractivity contribution in [2.75, 3.05) is 0 Å². The van der Waals surface area contributed by atoms with Crippen LogP contribution in [0.15, 0.2) is 12.2 Å². The molecule has 0 bridgehead atoms. The zero-order chi connectivity index (χ0) is 9.42. The summed E-state index contributed by atoms with van der Waals surface area (Å²) in [4.78, 5) is 10.8. The Kier molecular flexibility index (Phi) is 2.10. The van der Waals surface area contributed by atoms with E-state index in [9.17, 15) is 10.1 Å². The van der Waals surface area contributed by atoms with Gasteiger partial charge in [-0.25, -0.2) is 0 Å². The standard InChI is InChI=1S/C10H15NO2/c1-7-5-6-8-3-2-4-9(8)10(7)11(12)13/h5-10H,2-4H2,1H3/t7-,8?,9?,10-/m1/s1. The molecule has 0 saturated heterocycles. The van der Waals surface area contributed by atoms with E-state index in [1.54, 1.807) is 0 Å². The monoisotopic (exact) mass is 181 g/mol. The Bertz CT molecular complexity index is 249. The Morgan fingerprint density at radius 1 is 1.38 bits per heavy atom. The molecule has 72 valence electrons. The summed E-state index contributed by atoms with van der Waals surface area (Å²) >= 11 is 0. The molecule has 0 amide bonds. The lowest BCUT2D eigenvalue weighted by molar-refractivity contribution is -0.540. The topological polar surface area (TPSA) is 43.1 Å². The Morgan fingerprint density at radius 3 is 2.85 bits per heavy atom. The maximum atomic E-state index is 10.9. The zero-order valence-electron chi connectivity index (χ0n) is 7.85. The molecule has 0 aromatic carbocycles. The maximum absolute atomic E-state index is 10.9. The minimum atomic E-state index is -0.322. The zero-order valence-corrected chi connectivity index (χ0v) is 7.85. The van der Waals surface area contributed by atoms with E-state index in [0.717, 1.165) is 19.3 Å². The van der Waals surface area contributed by atoms with Crippen molar-refractivity contribution in [1.82, 2.24) is 0 Å². The third-order valence-corrected chi connectivity index (χ3v) is 3.51. The van der Waals surface area contributed by atoms with Crippen LogP contribution in [-0.4, -0.2) is 11.0 Å². The lowest BCUT2D eigenvalue weighted by Gasteiger charge is -2.27. The second-order valence-corrected chi connectivity index (χ2v) is 4.28. The average Bonchev–Trinajstić information content (AvgIpc) is 2.50. The second-order valence-electron chi connectivity index (χ2n) is 4.28. The summed E-state index contributed by atoms with van der Waals surface area (Å²) in [6.45, 7) is 1.96. The summed E-state index contributed by atoms with van der Waals surface area (Å²) in [5, 5.41) is 10.9. The number of nitro groups is 1. The van der Waals surface area contributed by atoms with E-state index in [-0.39, 0.29) is 16.9 Å². The molecule has 2 unspecified atom stereocenters. The van der Waals surface area contributed by atoms with E-state index in [1.807, 2.05) is 13.0 Å². The minimum absolute atomic E-state index is 0.0723. The van der Waals surface area contributed by atoms with Gasteiger partial charge in [-0.05, 0) is 18.8 Å². The molecule has 0 aromatic heterocycles. The summed E-state index contributed by atoms with van der Waals surface area (Å²) in [6, 6.07) is -0.322. The molecule has 1 saturated carbocycles. The Balaban J connectivity index is 2.24. The molecule has 0 radical (unpaired) electrons. The van der Waals surface area contributed by atoms with Gasteiger partial charge >= 0.3 is 0 Å². The lowest BCUT2D eigenvalue weighted by Crippen LogP contribution is -2.38. The smallest absolute Gasteiger partial charge is 0.222 e. The van der Waals surface area contributed by atoms with E-state index in [2.05, 4.69) is 6.08 Å². The number of nitrogens with zero attached hydrogens (tertiary/aromatic N) is 1. The predicted molar refractivity (Wildman–Crippen MR) is 49.9 cm³/mol. The van der Waals surface area contributed by atoms with E-state index in [1.165, 1.54) is 0 Å². The SMILES string of the molecule is C[C@@H]1C=CC2CCCC2[C@@H]1[N+](=O)[O-]. The highest BCUT2D eigenvalue weighted by Gasteiger charge is 2.44. The van der Waals surface area contributed by atoms with Gasteiger partial charge < -0.3 is 0 Å². The number of allylic oxidation sites excluding steroid dienone is 1. The van der Waals surface area contributed by atoms with Crippen LogP contribution >= 0.6 is 0 Å². The average molecular weight is 181 g/mol. The van der Waals surface area contributed by atoms with Crippen LogP contribution in [0.5, 0.6) is 0 Å². The van der Waals surface area contributed by atoms with Gasteiger partial charge in [0.1, 0.15) is 0 Å². The first-order valence-electron chi connectivity index (χ1n) is 5.02. The Morgan fingerprint density at radius 2 is 2.15 bits per heavy atom. The minimum Gasteiger partial charge on any atom is -0.264 e. The van der Waals surface area contributed by atoms with Crippen molar-refractivity contribution in [2.45, 2.75) is 32.2 Å². The molecule has 0 N–H and O–H groups in total. The quantitative estimate of drug-likeness (QED) is 0.354. The lowest BCUT2D eigenvalue weighted by atomic mass is 9.78. The van der Waals surface area contributed by atoms with Crippen molar-refractivity contribution >= 4 is 0 Å². The van der Waals surface area contributed by atoms with Gasteiger partial charge in [-0.1, -0.05) is 25.5 Å². The predicted octanol–water partition coefficient (Wildman–Crippen LogP) is 2.25. The number of rotatable bonds is 1. The number of hydrogen-bond acceptors (Lipinski definition) is 2. The maximum Gasteiger partial charge on any atom is 0.222 e. The molecule has 0 aliphatic heterocycles. The van der Waals surface area contributed by atoms with Crippen molar-refractivity contribution in [2.24, 2.45) is 17.8 Å². The van der Waals surface area contributed by atoms with Gasteiger partial charge in [-0.15, -0.1) is 0 Å². The first-order valence-corrected chi connectivity index (χ1v) is 5.02. The van der Waals surface area contributed by atoms with Crippen LogP contribution < -0.4 is 0 Å². The summed E-state index contributed by atoms with van der Waals surface area (Å²) in [7, 11) is 0. The van der Waals surface area contributed by atoms with Crippen LogP contribution in [0.4, 0.5) is 0 Å². The van der Waals surface area contributed by atoms with E-state index < -0.39 is 0 Å². The molecule has 2 rings (SSSR count). The fourth-order valence-corrected chi connectivity index (χ4v) is 2.85. The summed E-state index contributed by atoms with van der Waals surface area (Å²) in [6.07, 6.45) is 7.59. The Hall–Kier alpha value is -0.860. The number of fused-ring (bicyclic) bond motifs is 1. The third-order valence-electron chi connectivity index (χ3n) is 3.51. The first-order chi connectivity index (χ1) is 6.20. The van der Waals surface area contributed by atoms with Crippen molar-refractivity contribution < 1.29 is 4.92 Å². The van der Waals surface area contributed by atoms with Gasteiger partial charge in [0.15, 0.2) is 0 Å². The molecular formula is C10H15NO2. The van der Waals surface area contributed by atoms with Crippen LogP contribution in [-0.2, 0) is 0 Å². The normalized spacial score (nSPS) is 43.2. The van der Waals surface area contributed by atoms with Crippen LogP contribution in [0.25, 0.3) is 0 Å². The van der Waals surface area contributed by atoms with Crippen molar-refractivity contribution in [3.63, 3.8) is 0 Å². The highest BCUT2D eigenvalue weighted by molar-refractivity contribution is 5.06. The van der Waals surface area contributed by atoms with Gasteiger partial charge in [0.2, 0.25) is 6.04 Å². The van der Waals surface area contributed by atoms with Gasteiger partial charge in [-0.2, -0.15) is 0 Å². The molecule has 2 aliphatic rings. The number of hydrogen-bond donors (Lipinski definition) is 0. The van der Waals surface area contributed by atoms with Crippen LogP contribution in [0.1, 0.15) is 26.2 Å². The molecule has 0 spiro atoms. The molecule has 0 heterocycles. The molecule has 13 heavy (non-hydrogen) atoms. The van der Waals surface area contributed by atoms with E-state index in [4.69, 9.17) is 0 Å². The molecule has 1 fully saturated rings. The summed E-state index contributed by atoms with van der Waals surface area (Å²) in [5.41, 5.74) is 0. The van der Waals surface area contributed by atoms with Crippen molar-refractivity contribution in [3.8, 4) is 0 Å². The fraction of sp³-hybridized carbons (Fsp3) is 0.800. The molecular weight excluding hydrogens is 166 g/mol. The van der Waals surface area contributed by atoms with Crippen molar-refractivity contribution in [3.05, 3.63) is 22.3 Å². The van der Waals surface area contributed by atoms with E-state index in [0.29, 0.717) is 11.8 Å². The molecule has 0 aromatic rings. The van der Waals surface area contributed by atoms with Gasteiger partial charge in [0.25, 0.3) is 0 Å². The largest absolute Gasteiger partial charge is 0.264 e. The van der Waals surface area contributed by atoms with Gasteiger partial charge in [0.05, 0.1) is 0 Å². The molecule has 4 atom stereocenters. The molecule has 3 nitrogen and oxygen atoms in total. The highest BCUT2D eigenvalue weighted by atomic mass is 16.6. The van der Waals surface area contributed by atoms with Gasteiger partial charge in [0, 0.05) is 16.8 Å². The third kappa shape index (κ3) is 1.36. The highest BCUT2D eigenvalue weighted by Crippen LogP contribution is 2.41. The summed E-state index contributed by atoms with van der Waals surface area (Å²) in [5.74, 6) is 0.927. The van der Waals surface area contributed by atoms with Crippen LogP contribution in [0.2, 0.25) is 0 Å². The summed E-state index contributed by atoms with van der Waals surface area (Å²) < 4.78 is 0. The van der Waals surface area contributed by atoms with Gasteiger partial charge in [-0.3, -0.25) is 10.1 Å². The van der Waals surface area contributed by atoms with Crippen molar-refractivity contribution in [1.29, 1.82) is 0 Å². The fourth-order valence-electron chi connectivity index (χ4n) is 2.85. The molecule has 2 aliphatic carbocycles. The van der Waals surface area contributed by atoms with E-state index >= 15 is 0 Å². The molecule has 3 heteroatoms. The van der Waals surface area contributed by atoms with Crippen LogP contribution in [0.3, 0.4) is 0 Å². The first kappa shape index (κ1) is 8.73.